The van der Waals surface area contributed by atoms with Gasteiger partial charge >= 0.3 is 6.03 Å². The van der Waals surface area contributed by atoms with Crippen molar-refractivity contribution in [3.63, 3.8) is 0 Å². The number of carbonyl (C=O) groups excluding carboxylic acids is 1. The highest BCUT2D eigenvalue weighted by atomic mass is 35.5. The molecule has 0 aliphatic rings. The van der Waals surface area contributed by atoms with Gasteiger partial charge in [-0.05, 0) is 18.4 Å². The number of rotatable bonds is 5. The lowest BCUT2D eigenvalue weighted by atomic mass is 10.0. The van der Waals surface area contributed by atoms with Crippen molar-refractivity contribution in [2.45, 2.75) is 26.4 Å². The van der Waals surface area contributed by atoms with Crippen LogP contribution in [0, 0.1) is 17.6 Å². The number of halogens is 3. The van der Waals surface area contributed by atoms with Crippen molar-refractivity contribution >= 4 is 23.3 Å². The molecule has 1 aromatic rings. The summed E-state index contributed by atoms with van der Waals surface area (Å²) in [6.07, 6.45) is -0.147. The van der Waals surface area contributed by atoms with E-state index in [1.54, 1.807) is 0 Å². The molecule has 1 atom stereocenters. The molecule has 1 unspecified atom stereocenters. The molecule has 0 fully saturated rings. The second-order valence-corrected chi connectivity index (χ2v) is 5.13. The third kappa shape index (κ3) is 4.94. The lowest BCUT2D eigenvalue weighted by molar-refractivity contribution is 0.117. The first-order valence-electron chi connectivity index (χ1n) is 6.18. The van der Waals surface area contributed by atoms with E-state index in [2.05, 4.69) is 10.6 Å². The number of hydrogen-bond donors (Lipinski definition) is 3. The standard InChI is InChI=1S/C13H17ClF2N2O2/c1-7(2)11(19)3-4-17-13(20)18-12-9(14)5-8(15)6-10(12)16/h5-7,11,19H,3-4H2,1-2H3,(H2,17,18,20). The molecule has 0 radical (unpaired) electrons. The highest BCUT2D eigenvalue weighted by Crippen LogP contribution is 2.26. The third-order valence-corrected chi connectivity index (χ3v) is 3.04. The fourth-order valence-electron chi connectivity index (χ4n) is 1.49. The van der Waals surface area contributed by atoms with Crippen LogP contribution in [0.1, 0.15) is 20.3 Å². The van der Waals surface area contributed by atoms with Crippen molar-refractivity contribution in [1.29, 1.82) is 0 Å². The first-order valence-corrected chi connectivity index (χ1v) is 6.56. The van der Waals surface area contributed by atoms with Crippen molar-refractivity contribution in [3.8, 4) is 0 Å². The van der Waals surface area contributed by atoms with Crippen molar-refractivity contribution in [1.82, 2.24) is 5.32 Å². The van der Waals surface area contributed by atoms with Crippen LogP contribution in [0.4, 0.5) is 19.3 Å². The Bertz CT molecular complexity index is 460. The number of carbonyl (C=O) groups is 1. The maximum atomic E-state index is 13.4. The molecule has 4 nitrogen and oxygen atoms in total. The van der Waals surface area contributed by atoms with Crippen LogP contribution in [0.3, 0.4) is 0 Å². The zero-order valence-corrected chi connectivity index (χ0v) is 12.0. The largest absolute Gasteiger partial charge is 0.393 e. The van der Waals surface area contributed by atoms with Crippen molar-refractivity contribution in [3.05, 3.63) is 28.8 Å². The Balaban J connectivity index is 2.51. The Morgan fingerprint density at radius 1 is 1.40 bits per heavy atom. The number of amides is 2. The maximum absolute atomic E-state index is 13.4. The monoisotopic (exact) mass is 306 g/mol. The second kappa shape index (κ2) is 7.40. The van der Waals surface area contributed by atoms with E-state index in [4.69, 9.17) is 11.6 Å². The van der Waals surface area contributed by atoms with Gasteiger partial charge in [0.1, 0.15) is 5.82 Å². The molecule has 0 aliphatic heterocycles. The van der Waals surface area contributed by atoms with Gasteiger partial charge in [-0.3, -0.25) is 0 Å². The van der Waals surface area contributed by atoms with Crippen LogP contribution in [0.25, 0.3) is 0 Å². The molecule has 0 spiro atoms. The average molecular weight is 307 g/mol. The van der Waals surface area contributed by atoms with Crippen LogP contribution >= 0.6 is 11.6 Å². The first-order chi connectivity index (χ1) is 9.31. The van der Waals surface area contributed by atoms with Crippen LogP contribution in [-0.2, 0) is 0 Å². The van der Waals surface area contributed by atoms with Gasteiger partial charge in [-0.15, -0.1) is 0 Å². The SMILES string of the molecule is CC(C)C(O)CCNC(=O)Nc1c(F)cc(F)cc1Cl. The summed E-state index contributed by atoms with van der Waals surface area (Å²) in [6.45, 7) is 3.95. The fraction of sp³-hybridized carbons (Fsp3) is 0.462. The second-order valence-electron chi connectivity index (χ2n) is 4.73. The number of aliphatic hydroxyl groups excluding tert-OH is 1. The van der Waals surface area contributed by atoms with Gasteiger partial charge in [0.05, 0.1) is 16.8 Å². The molecule has 7 heteroatoms. The van der Waals surface area contributed by atoms with Crippen molar-refractivity contribution < 1.29 is 18.7 Å². The summed E-state index contributed by atoms with van der Waals surface area (Å²) in [7, 11) is 0. The molecule has 1 aromatic carbocycles. The molecule has 20 heavy (non-hydrogen) atoms. The summed E-state index contributed by atoms with van der Waals surface area (Å²) in [6, 6.07) is 0.862. The summed E-state index contributed by atoms with van der Waals surface area (Å²) in [4.78, 5) is 11.5. The number of anilines is 1. The Hall–Kier alpha value is -1.40. The predicted molar refractivity (Wildman–Crippen MR) is 73.9 cm³/mol. The lowest BCUT2D eigenvalue weighted by Crippen LogP contribution is -2.32. The van der Waals surface area contributed by atoms with Gasteiger partial charge in [-0.1, -0.05) is 25.4 Å². The van der Waals surface area contributed by atoms with E-state index < -0.39 is 23.8 Å². The fourth-order valence-corrected chi connectivity index (χ4v) is 1.73. The van der Waals surface area contributed by atoms with Crippen LogP contribution in [-0.4, -0.2) is 23.8 Å². The van der Waals surface area contributed by atoms with Gasteiger partial charge in [0.15, 0.2) is 5.82 Å². The maximum Gasteiger partial charge on any atom is 0.319 e. The molecule has 0 heterocycles. The van der Waals surface area contributed by atoms with Gasteiger partial charge in [0.25, 0.3) is 0 Å². The van der Waals surface area contributed by atoms with Crippen molar-refractivity contribution in [2.75, 3.05) is 11.9 Å². The van der Waals surface area contributed by atoms with E-state index in [0.717, 1.165) is 6.07 Å². The lowest BCUT2D eigenvalue weighted by Gasteiger charge is -2.15. The summed E-state index contributed by atoms with van der Waals surface area (Å²) >= 11 is 5.64. The molecule has 2 amide bonds. The normalized spacial score (nSPS) is 12.3. The average Bonchev–Trinajstić information content (AvgIpc) is 2.33. The van der Waals surface area contributed by atoms with Crippen LogP contribution in [0.15, 0.2) is 12.1 Å². The van der Waals surface area contributed by atoms with E-state index in [0.29, 0.717) is 12.5 Å². The molecule has 112 valence electrons. The van der Waals surface area contributed by atoms with Crippen LogP contribution in [0.5, 0.6) is 0 Å². The molecule has 0 bridgehead atoms. The third-order valence-electron chi connectivity index (χ3n) is 2.74. The minimum absolute atomic E-state index is 0.0869. The Morgan fingerprint density at radius 3 is 2.60 bits per heavy atom. The van der Waals surface area contributed by atoms with E-state index in [1.165, 1.54) is 0 Å². The van der Waals surface area contributed by atoms with E-state index >= 15 is 0 Å². The summed E-state index contributed by atoms with van der Waals surface area (Å²) < 4.78 is 26.3. The molecule has 0 saturated heterocycles. The predicted octanol–water partition coefficient (Wildman–Crippen LogP) is 3.15. The molecular weight excluding hydrogens is 290 g/mol. The Labute approximate surface area is 121 Å². The zero-order valence-electron chi connectivity index (χ0n) is 11.2. The molecule has 0 aliphatic carbocycles. The number of aliphatic hydroxyl groups is 1. The van der Waals surface area contributed by atoms with Crippen LogP contribution < -0.4 is 10.6 Å². The zero-order chi connectivity index (χ0) is 15.3. The van der Waals surface area contributed by atoms with E-state index in [1.807, 2.05) is 13.8 Å². The highest BCUT2D eigenvalue weighted by Gasteiger charge is 2.13. The van der Waals surface area contributed by atoms with Gasteiger partial charge in [0, 0.05) is 12.6 Å². The van der Waals surface area contributed by atoms with Gasteiger partial charge in [0.2, 0.25) is 0 Å². The molecule has 0 saturated carbocycles. The molecule has 1 rings (SSSR count). The van der Waals surface area contributed by atoms with Crippen molar-refractivity contribution in [2.24, 2.45) is 5.92 Å². The van der Waals surface area contributed by atoms with Gasteiger partial charge < -0.3 is 15.7 Å². The topological polar surface area (TPSA) is 61.4 Å². The summed E-state index contributed by atoms with van der Waals surface area (Å²) in [5.41, 5.74) is -0.282. The molecule has 0 aromatic heterocycles. The minimum Gasteiger partial charge on any atom is -0.393 e. The highest BCUT2D eigenvalue weighted by molar-refractivity contribution is 6.33. The van der Waals surface area contributed by atoms with Crippen LogP contribution in [0.2, 0.25) is 5.02 Å². The number of benzene rings is 1. The number of nitrogens with one attached hydrogen (secondary N) is 2. The smallest absolute Gasteiger partial charge is 0.319 e. The molecular formula is C13H17ClF2N2O2. The first kappa shape index (κ1) is 16.7. The van der Waals surface area contributed by atoms with Gasteiger partial charge in [-0.2, -0.15) is 0 Å². The Kier molecular flexibility index (Phi) is 6.16. The molecule has 3 N–H and O–H groups in total. The quantitative estimate of drug-likeness (QED) is 0.782. The number of urea groups is 1. The summed E-state index contributed by atoms with van der Waals surface area (Å²) in [5.74, 6) is -1.69. The van der Waals surface area contributed by atoms with E-state index in [9.17, 15) is 18.7 Å². The number of hydrogen-bond acceptors (Lipinski definition) is 2. The van der Waals surface area contributed by atoms with Gasteiger partial charge in [-0.25, -0.2) is 13.6 Å². The summed E-state index contributed by atoms with van der Waals surface area (Å²) in [5, 5.41) is 14.0. The van der Waals surface area contributed by atoms with E-state index in [-0.39, 0.29) is 23.2 Å². The minimum atomic E-state index is -0.952. The Morgan fingerprint density at radius 2 is 2.05 bits per heavy atom.